The Labute approximate surface area is 243 Å². The highest BCUT2D eigenvalue weighted by molar-refractivity contribution is 5.96. The molecular formula is C33H33FN8. The van der Waals surface area contributed by atoms with Crippen molar-refractivity contribution < 1.29 is 4.39 Å². The maximum Gasteiger partial charge on any atom is 0.161 e. The molecule has 1 fully saturated rings. The number of benzene rings is 1. The van der Waals surface area contributed by atoms with E-state index >= 15 is 4.39 Å². The van der Waals surface area contributed by atoms with E-state index < -0.39 is 5.82 Å². The smallest absolute Gasteiger partial charge is 0.161 e. The lowest BCUT2D eigenvalue weighted by Gasteiger charge is -2.27. The lowest BCUT2D eigenvalue weighted by atomic mass is 10.1. The zero-order valence-electron chi connectivity index (χ0n) is 23.6. The van der Waals surface area contributed by atoms with E-state index in [4.69, 9.17) is 4.98 Å². The Hall–Kier alpha value is -5.05. The van der Waals surface area contributed by atoms with Crippen LogP contribution in [0.1, 0.15) is 37.4 Å². The third-order valence-electron chi connectivity index (χ3n) is 7.50. The Kier molecular flexibility index (Phi) is 7.64. The van der Waals surface area contributed by atoms with Crippen molar-refractivity contribution in [3.8, 4) is 11.5 Å². The van der Waals surface area contributed by atoms with Crippen molar-refractivity contribution in [2.75, 3.05) is 18.0 Å². The zero-order chi connectivity index (χ0) is 29.1. The molecule has 5 heterocycles. The Balaban J connectivity index is 1.33. The molecule has 5 aromatic rings. The van der Waals surface area contributed by atoms with Crippen LogP contribution in [0.3, 0.4) is 0 Å². The number of allylic oxidation sites excluding steroid dienone is 5. The number of nitrogens with one attached hydrogen (secondary N) is 3. The van der Waals surface area contributed by atoms with E-state index in [-0.39, 0.29) is 5.69 Å². The van der Waals surface area contributed by atoms with Crippen molar-refractivity contribution in [2.24, 2.45) is 0 Å². The van der Waals surface area contributed by atoms with Crippen LogP contribution in [-0.2, 0) is 6.42 Å². The molecule has 1 aliphatic rings. The van der Waals surface area contributed by atoms with Gasteiger partial charge >= 0.3 is 0 Å². The molecule has 212 valence electrons. The summed E-state index contributed by atoms with van der Waals surface area (Å²) in [4.78, 5) is 19.5. The van der Waals surface area contributed by atoms with Crippen molar-refractivity contribution in [3.63, 3.8) is 0 Å². The number of imidazole rings is 1. The fourth-order valence-electron chi connectivity index (χ4n) is 5.41. The maximum atomic E-state index is 16.3. The minimum absolute atomic E-state index is 0.203. The molecule has 42 heavy (non-hydrogen) atoms. The normalized spacial score (nSPS) is 14.5. The Morgan fingerprint density at radius 1 is 1.10 bits per heavy atom. The van der Waals surface area contributed by atoms with Crippen LogP contribution >= 0.6 is 0 Å². The van der Waals surface area contributed by atoms with E-state index in [1.54, 1.807) is 18.5 Å². The van der Waals surface area contributed by atoms with Gasteiger partial charge in [-0.05, 0) is 50.0 Å². The van der Waals surface area contributed by atoms with Crippen LogP contribution in [0.4, 0.5) is 10.2 Å². The van der Waals surface area contributed by atoms with Gasteiger partial charge in [0.25, 0.3) is 0 Å². The van der Waals surface area contributed by atoms with Gasteiger partial charge in [-0.2, -0.15) is 5.10 Å². The van der Waals surface area contributed by atoms with Crippen molar-refractivity contribution in [2.45, 2.75) is 32.6 Å². The van der Waals surface area contributed by atoms with Crippen molar-refractivity contribution >= 4 is 33.3 Å². The molecule has 8 nitrogen and oxygen atoms in total. The molecule has 1 aliphatic heterocycles. The number of pyridine rings is 2. The van der Waals surface area contributed by atoms with E-state index in [9.17, 15) is 0 Å². The third-order valence-corrected chi connectivity index (χ3v) is 7.50. The summed E-state index contributed by atoms with van der Waals surface area (Å²) >= 11 is 0. The highest BCUT2D eigenvalue weighted by atomic mass is 19.1. The van der Waals surface area contributed by atoms with Crippen LogP contribution < -0.4 is 10.2 Å². The van der Waals surface area contributed by atoms with Gasteiger partial charge in [0.15, 0.2) is 17.5 Å². The monoisotopic (exact) mass is 560 g/mol. The summed E-state index contributed by atoms with van der Waals surface area (Å²) in [7, 11) is 0. The van der Waals surface area contributed by atoms with Crippen LogP contribution in [0.25, 0.3) is 39.0 Å². The summed E-state index contributed by atoms with van der Waals surface area (Å²) in [6.07, 6.45) is 12.8. The average Bonchev–Trinajstić information content (AvgIpc) is 3.65. The summed E-state index contributed by atoms with van der Waals surface area (Å²) in [5, 5.41) is 11.0. The first-order chi connectivity index (χ1) is 20.6. The molecule has 0 spiro atoms. The minimum atomic E-state index is -0.484. The molecule has 6 rings (SSSR count). The predicted octanol–water partition coefficient (Wildman–Crippen LogP) is 6.84. The van der Waals surface area contributed by atoms with E-state index in [1.807, 2.05) is 55.5 Å². The quantitative estimate of drug-likeness (QED) is 0.171. The number of anilines is 1. The number of hydrogen-bond acceptors (Lipinski definition) is 6. The maximum absolute atomic E-state index is 16.3. The van der Waals surface area contributed by atoms with Crippen LogP contribution in [0.5, 0.6) is 0 Å². The molecule has 0 aliphatic carbocycles. The molecule has 0 bridgehead atoms. The van der Waals surface area contributed by atoms with Crippen LogP contribution in [0.15, 0.2) is 91.6 Å². The van der Waals surface area contributed by atoms with Crippen LogP contribution in [0.2, 0.25) is 0 Å². The number of H-pyrrole nitrogens is 2. The number of rotatable bonds is 9. The lowest BCUT2D eigenvalue weighted by molar-refractivity contribution is 0.574. The molecule has 0 radical (unpaired) electrons. The highest BCUT2D eigenvalue weighted by Crippen LogP contribution is 2.33. The number of aromatic nitrogens is 6. The standard InChI is InChI=1S/C33H33FN8/c1-4-23(19-24(5-2)37-21(3)18-22-12-8-6-9-13-22)29-28(34)27-26(20-36-29)40-41-31(27)32-38-25-14-15-35-33(30(25)39-32)42-16-10-7-11-17-42/h4-6,8-9,12-15,19-20,37H,2-3,7,10-11,16-18H2,1H3,(H,38,39)(H,40,41)/b23-4+,24-19+. The Morgan fingerprint density at radius 3 is 2.67 bits per heavy atom. The lowest BCUT2D eigenvalue weighted by Crippen LogP contribution is -2.30. The van der Waals surface area contributed by atoms with Crippen molar-refractivity contribution in [1.29, 1.82) is 0 Å². The Morgan fingerprint density at radius 2 is 1.90 bits per heavy atom. The molecule has 0 atom stereocenters. The SMILES string of the molecule is C=C/C(=C\C(=C/C)c1ncc2[nH]nc(-c3nc4c(N5CCCCC5)nccc4[nH]3)c2c1F)NC(=C)Cc1ccccc1. The van der Waals surface area contributed by atoms with Gasteiger partial charge in [0.2, 0.25) is 0 Å². The Bertz CT molecular complexity index is 1820. The van der Waals surface area contributed by atoms with E-state index in [0.717, 1.165) is 54.0 Å². The first-order valence-corrected chi connectivity index (χ1v) is 14.2. The van der Waals surface area contributed by atoms with Gasteiger partial charge < -0.3 is 15.2 Å². The summed E-state index contributed by atoms with van der Waals surface area (Å²) < 4.78 is 16.3. The first kappa shape index (κ1) is 27.1. The second-order valence-corrected chi connectivity index (χ2v) is 10.4. The molecule has 0 saturated carbocycles. The zero-order valence-corrected chi connectivity index (χ0v) is 23.6. The number of fused-ring (bicyclic) bond motifs is 2. The van der Waals surface area contributed by atoms with Gasteiger partial charge in [-0.1, -0.05) is 49.6 Å². The van der Waals surface area contributed by atoms with E-state index in [1.165, 1.54) is 6.42 Å². The topological polar surface area (TPSA) is 98.4 Å². The minimum Gasteiger partial charge on any atom is -0.359 e. The van der Waals surface area contributed by atoms with Gasteiger partial charge in [0.1, 0.15) is 16.9 Å². The van der Waals surface area contributed by atoms with Crippen molar-refractivity contribution in [3.05, 3.63) is 109 Å². The summed E-state index contributed by atoms with van der Waals surface area (Å²) in [5.74, 6) is 0.834. The second kappa shape index (κ2) is 11.8. The number of nitrogens with zero attached hydrogens (tertiary/aromatic N) is 5. The summed E-state index contributed by atoms with van der Waals surface area (Å²) in [5.41, 5.74) is 5.89. The van der Waals surface area contributed by atoms with E-state index in [2.05, 4.69) is 48.5 Å². The van der Waals surface area contributed by atoms with Gasteiger partial charge in [-0.25, -0.2) is 14.4 Å². The average molecular weight is 561 g/mol. The van der Waals surface area contributed by atoms with Gasteiger partial charge in [0, 0.05) is 42.7 Å². The van der Waals surface area contributed by atoms with Crippen LogP contribution in [-0.4, -0.2) is 43.2 Å². The number of hydrogen-bond donors (Lipinski definition) is 3. The second-order valence-electron chi connectivity index (χ2n) is 10.4. The van der Waals surface area contributed by atoms with E-state index in [0.29, 0.717) is 40.1 Å². The molecule has 4 aromatic heterocycles. The van der Waals surface area contributed by atoms with Gasteiger partial charge in [-0.15, -0.1) is 0 Å². The molecule has 1 saturated heterocycles. The number of halogens is 1. The fourth-order valence-corrected chi connectivity index (χ4v) is 5.41. The fraction of sp³-hybridized carbons (Fsp3) is 0.212. The largest absolute Gasteiger partial charge is 0.359 e. The molecule has 3 N–H and O–H groups in total. The van der Waals surface area contributed by atoms with Crippen molar-refractivity contribution in [1.82, 2.24) is 35.5 Å². The van der Waals surface area contributed by atoms with Crippen LogP contribution in [0, 0.1) is 5.82 Å². The summed E-state index contributed by atoms with van der Waals surface area (Å²) in [6, 6.07) is 12.0. The molecule has 0 amide bonds. The van der Waals surface area contributed by atoms with Gasteiger partial charge in [0.05, 0.1) is 22.6 Å². The molecule has 0 unspecified atom stereocenters. The summed E-state index contributed by atoms with van der Waals surface area (Å²) in [6.45, 7) is 11.8. The first-order valence-electron chi connectivity index (χ1n) is 14.2. The molecule has 1 aromatic carbocycles. The predicted molar refractivity (Wildman–Crippen MR) is 167 cm³/mol. The molecular weight excluding hydrogens is 527 g/mol. The number of aromatic amines is 2. The number of piperidine rings is 1. The highest BCUT2D eigenvalue weighted by Gasteiger charge is 2.23. The molecule has 9 heteroatoms. The van der Waals surface area contributed by atoms with Gasteiger partial charge in [-0.3, -0.25) is 10.1 Å². The third kappa shape index (κ3) is 5.33.